The molecule has 0 aromatic carbocycles. The van der Waals surface area contributed by atoms with Crippen LogP contribution in [0.5, 0.6) is 0 Å². The fourth-order valence-electron chi connectivity index (χ4n) is 3.84. The molecule has 4 nitrogen and oxygen atoms in total. The molecular weight excluding hydrogens is 252 g/mol. The number of nitrogens with zero attached hydrogens (tertiary/aromatic N) is 2. The number of likely N-dealkylation sites (tertiary alicyclic amines) is 2. The third-order valence-corrected chi connectivity index (χ3v) is 5.42. The van der Waals surface area contributed by atoms with Crippen LogP contribution in [-0.4, -0.2) is 60.6 Å². The largest absolute Gasteiger partial charge is 0.378 e. The van der Waals surface area contributed by atoms with Gasteiger partial charge in [-0.2, -0.15) is 0 Å². The molecule has 1 amide bonds. The quantitative estimate of drug-likeness (QED) is 0.791. The lowest BCUT2D eigenvalue weighted by Crippen LogP contribution is -2.60. The molecule has 0 N–H and O–H groups in total. The van der Waals surface area contributed by atoms with Gasteiger partial charge in [0.1, 0.15) is 0 Å². The molecule has 20 heavy (non-hydrogen) atoms. The molecule has 3 fully saturated rings. The topological polar surface area (TPSA) is 32.8 Å². The van der Waals surface area contributed by atoms with Crippen molar-refractivity contribution < 1.29 is 9.53 Å². The summed E-state index contributed by atoms with van der Waals surface area (Å²) >= 11 is 0. The molecule has 114 valence electrons. The summed E-state index contributed by atoms with van der Waals surface area (Å²) in [5, 5.41) is 0. The smallest absolute Gasteiger partial charge is 0.239 e. The van der Waals surface area contributed by atoms with E-state index in [1.165, 1.54) is 32.1 Å². The Labute approximate surface area is 122 Å². The average molecular weight is 280 g/mol. The lowest BCUT2D eigenvalue weighted by Gasteiger charge is -2.45. The molecule has 1 atom stereocenters. The summed E-state index contributed by atoms with van der Waals surface area (Å²) in [5.74, 6) is 1.23. The number of hydrogen-bond donors (Lipinski definition) is 0. The Bertz CT molecular complexity index is 335. The van der Waals surface area contributed by atoms with Crippen LogP contribution in [0.15, 0.2) is 0 Å². The van der Waals surface area contributed by atoms with Crippen LogP contribution in [0.4, 0.5) is 0 Å². The first-order chi connectivity index (χ1) is 9.79. The van der Waals surface area contributed by atoms with Gasteiger partial charge in [0, 0.05) is 13.1 Å². The van der Waals surface area contributed by atoms with E-state index in [-0.39, 0.29) is 6.04 Å². The predicted molar refractivity (Wildman–Crippen MR) is 78.5 cm³/mol. The highest BCUT2D eigenvalue weighted by atomic mass is 16.5. The Morgan fingerprint density at radius 3 is 2.45 bits per heavy atom. The second-order valence-corrected chi connectivity index (χ2v) is 6.62. The van der Waals surface area contributed by atoms with Crippen molar-refractivity contribution >= 4 is 5.91 Å². The summed E-state index contributed by atoms with van der Waals surface area (Å²) in [6.45, 7) is 6.94. The number of hydrogen-bond acceptors (Lipinski definition) is 3. The van der Waals surface area contributed by atoms with E-state index in [1.54, 1.807) is 0 Å². The van der Waals surface area contributed by atoms with Gasteiger partial charge in [0.05, 0.1) is 25.3 Å². The second-order valence-electron chi connectivity index (χ2n) is 6.62. The summed E-state index contributed by atoms with van der Waals surface area (Å²) in [6, 6.07) is 0.633. The number of ether oxygens (including phenoxy) is 1. The first-order valence-corrected chi connectivity index (χ1v) is 8.42. The fourth-order valence-corrected chi connectivity index (χ4v) is 3.84. The van der Waals surface area contributed by atoms with E-state index in [9.17, 15) is 4.79 Å². The molecule has 4 heteroatoms. The van der Waals surface area contributed by atoms with Crippen molar-refractivity contribution in [3.05, 3.63) is 0 Å². The maximum Gasteiger partial charge on any atom is 0.239 e. The van der Waals surface area contributed by atoms with Crippen LogP contribution < -0.4 is 0 Å². The molecule has 0 aromatic heterocycles. The Balaban J connectivity index is 1.59. The number of rotatable bonds is 3. The molecule has 3 saturated heterocycles. The van der Waals surface area contributed by atoms with Crippen molar-refractivity contribution in [1.29, 1.82) is 0 Å². The van der Waals surface area contributed by atoms with Gasteiger partial charge in [-0.25, -0.2) is 0 Å². The molecule has 0 bridgehead atoms. The van der Waals surface area contributed by atoms with Crippen LogP contribution in [0.3, 0.4) is 0 Å². The maximum atomic E-state index is 12.8. The minimum absolute atomic E-state index is 0.135. The predicted octanol–water partition coefficient (Wildman–Crippen LogP) is 1.89. The molecule has 0 aliphatic carbocycles. The van der Waals surface area contributed by atoms with E-state index in [1.807, 2.05) is 0 Å². The molecule has 1 unspecified atom stereocenters. The van der Waals surface area contributed by atoms with Crippen LogP contribution in [0.2, 0.25) is 0 Å². The van der Waals surface area contributed by atoms with Crippen molar-refractivity contribution in [2.24, 2.45) is 5.92 Å². The SMILES string of the molecule is CCC1CCN(C(=O)C2CCCCN2C2COC2)CC1. The molecule has 3 rings (SSSR count). The Morgan fingerprint density at radius 1 is 1.10 bits per heavy atom. The summed E-state index contributed by atoms with van der Waals surface area (Å²) in [7, 11) is 0. The standard InChI is InChI=1S/C16H28N2O2/c1-2-13-6-9-17(10-7-13)16(19)15-5-3-4-8-18(15)14-11-20-12-14/h13-15H,2-12H2,1H3. The molecule has 0 spiro atoms. The van der Waals surface area contributed by atoms with Crippen molar-refractivity contribution in [1.82, 2.24) is 9.80 Å². The Kier molecular flexibility index (Phi) is 4.61. The van der Waals surface area contributed by atoms with E-state index in [4.69, 9.17) is 4.74 Å². The zero-order valence-electron chi connectivity index (χ0n) is 12.7. The van der Waals surface area contributed by atoms with Crippen molar-refractivity contribution in [3.63, 3.8) is 0 Å². The Hall–Kier alpha value is -0.610. The van der Waals surface area contributed by atoms with Gasteiger partial charge in [-0.1, -0.05) is 19.8 Å². The third kappa shape index (κ3) is 2.86. The van der Waals surface area contributed by atoms with Gasteiger partial charge in [0.15, 0.2) is 0 Å². The van der Waals surface area contributed by atoms with E-state index in [0.29, 0.717) is 11.9 Å². The number of piperidine rings is 2. The minimum Gasteiger partial charge on any atom is -0.378 e. The zero-order valence-corrected chi connectivity index (χ0v) is 12.7. The fraction of sp³-hybridized carbons (Fsp3) is 0.938. The molecule has 3 heterocycles. The monoisotopic (exact) mass is 280 g/mol. The Morgan fingerprint density at radius 2 is 1.85 bits per heavy atom. The van der Waals surface area contributed by atoms with Gasteiger partial charge in [-0.05, 0) is 38.1 Å². The van der Waals surface area contributed by atoms with E-state index in [2.05, 4.69) is 16.7 Å². The highest BCUT2D eigenvalue weighted by Crippen LogP contribution is 2.27. The highest BCUT2D eigenvalue weighted by molar-refractivity contribution is 5.82. The number of carbonyl (C=O) groups is 1. The van der Waals surface area contributed by atoms with E-state index >= 15 is 0 Å². The summed E-state index contributed by atoms with van der Waals surface area (Å²) in [5.41, 5.74) is 0. The van der Waals surface area contributed by atoms with Gasteiger partial charge < -0.3 is 9.64 Å². The van der Waals surface area contributed by atoms with Gasteiger partial charge in [-0.15, -0.1) is 0 Å². The molecular formula is C16H28N2O2. The zero-order chi connectivity index (χ0) is 13.9. The highest BCUT2D eigenvalue weighted by Gasteiger charge is 2.38. The van der Waals surface area contributed by atoms with Gasteiger partial charge in [0.2, 0.25) is 5.91 Å². The second kappa shape index (κ2) is 6.44. The normalized spacial score (nSPS) is 30.2. The summed E-state index contributed by atoms with van der Waals surface area (Å²) < 4.78 is 5.32. The van der Waals surface area contributed by atoms with Gasteiger partial charge >= 0.3 is 0 Å². The molecule has 0 saturated carbocycles. The van der Waals surface area contributed by atoms with Crippen LogP contribution >= 0.6 is 0 Å². The van der Waals surface area contributed by atoms with Gasteiger partial charge in [-0.3, -0.25) is 9.69 Å². The molecule has 3 aliphatic heterocycles. The van der Waals surface area contributed by atoms with Crippen molar-refractivity contribution in [3.8, 4) is 0 Å². The van der Waals surface area contributed by atoms with Crippen LogP contribution in [0.25, 0.3) is 0 Å². The summed E-state index contributed by atoms with van der Waals surface area (Å²) in [4.78, 5) is 17.4. The van der Waals surface area contributed by atoms with Crippen molar-refractivity contribution in [2.45, 2.75) is 57.5 Å². The lowest BCUT2D eigenvalue weighted by molar-refractivity contribution is -0.147. The molecule has 0 radical (unpaired) electrons. The van der Waals surface area contributed by atoms with Crippen LogP contribution in [-0.2, 0) is 9.53 Å². The average Bonchev–Trinajstić information content (AvgIpc) is 2.45. The summed E-state index contributed by atoms with van der Waals surface area (Å²) in [6.07, 6.45) is 7.13. The third-order valence-electron chi connectivity index (χ3n) is 5.42. The molecule has 3 aliphatic rings. The van der Waals surface area contributed by atoms with E-state index < -0.39 is 0 Å². The first-order valence-electron chi connectivity index (χ1n) is 8.42. The lowest BCUT2D eigenvalue weighted by atomic mass is 9.92. The van der Waals surface area contributed by atoms with Gasteiger partial charge in [0.25, 0.3) is 0 Å². The van der Waals surface area contributed by atoms with E-state index in [0.717, 1.165) is 45.2 Å². The maximum absolute atomic E-state index is 12.8. The number of amides is 1. The van der Waals surface area contributed by atoms with Crippen LogP contribution in [0, 0.1) is 5.92 Å². The van der Waals surface area contributed by atoms with Crippen molar-refractivity contribution in [2.75, 3.05) is 32.8 Å². The first kappa shape index (κ1) is 14.3. The minimum atomic E-state index is 0.135. The molecule has 0 aromatic rings. The van der Waals surface area contributed by atoms with Crippen LogP contribution in [0.1, 0.15) is 45.4 Å². The number of carbonyl (C=O) groups excluding carboxylic acids is 1.